The van der Waals surface area contributed by atoms with E-state index in [1.165, 1.54) is 18.2 Å². The molecule has 0 saturated heterocycles. The Kier molecular flexibility index (Phi) is 4.59. The molecule has 0 unspecified atom stereocenters. The van der Waals surface area contributed by atoms with Crippen molar-refractivity contribution in [1.29, 1.82) is 0 Å². The molecule has 2 amide bonds. The first kappa shape index (κ1) is 17.2. The smallest absolute Gasteiger partial charge is 0.277 e. The molecule has 1 heterocycles. The van der Waals surface area contributed by atoms with E-state index in [-0.39, 0.29) is 22.4 Å². The fourth-order valence-corrected chi connectivity index (χ4v) is 2.85. The minimum absolute atomic E-state index is 0.0202. The van der Waals surface area contributed by atoms with Crippen LogP contribution >= 0.6 is 11.6 Å². The van der Waals surface area contributed by atoms with Crippen molar-refractivity contribution in [2.24, 2.45) is 0 Å². The minimum atomic E-state index is -0.672. The topological polar surface area (TPSA) is 46.6 Å². The van der Waals surface area contributed by atoms with Gasteiger partial charge in [0.05, 0.1) is 17.4 Å². The highest BCUT2D eigenvalue weighted by molar-refractivity contribution is 6.60. The second-order valence-corrected chi connectivity index (χ2v) is 6.18. The van der Waals surface area contributed by atoms with E-state index >= 15 is 0 Å². The van der Waals surface area contributed by atoms with Crippen LogP contribution in [0.15, 0.2) is 53.6 Å². The largest absolute Gasteiger partial charge is 0.491 e. The van der Waals surface area contributed by atoms with Crippen molar-refractivity contribution in [3.05, 3.63) is 64.9 Å². The average molecular weight is 360 g/mol. The molecule has 1 aliphatic heterocycles. The zero-order valence-corrected chi connectivity index (χ0v) is 14.4. The molecule has 0 fully saturated rings. The molecule has 6 heteroatoms. The van der Waals surface area contributed by atoms with Crippen LogP contribution < -0.4 is 9.64 Å². The molecule has 0 N–H and O–H groups in total. The Hall–Kier alpha value is -2.66. The molecule has 0 saturated carbocycles. The number of rotatable bonds is 4. The van der Waals surface area contributed by atoms with Crippen LogP contribution in [0.25, 0.3) is 5.57 Å². The Balaban J connectivity index is 1.94. The summed E-state index contributed by atoms with van der Waals surface area (Å²) in [5.74, 6) is -1.15. The Labute approximate surface area is 149 Å². The van der Waals surface area contributed by atoms with Gasteiger partial charge in [0, 0.05) is 0 Å². The maximum atomic E-state index is 13.4. The number of carbonyl (C=O) groups is 2. The van der Waals surface area contributed by atoms with Gasteiger partial charge >= 0.3 is 0 Å². The summed E-state index contributed by atoms with van der Waals surface area (Å²) >= 11 is 6.11. The van der Waals surface area contributed by atoms with Crippen LogP contribution in [0.1, 0.15) is 19.4 Å². The maximum absolute atomic E-state index is 13.4. The number of amides is 2. The molecule has 0 atom stereocenters. The van der Waals surface area contributed by atoms with Crippen molar-refractivity contribution in [2.45, 2.75) is 20.0 Å². The second kappa shape index (κ2) is 6.69. The summed E-state index contributed by atoms with van der Waals surface area (Å²) in [5.41, 5.74) is 0.730. The number of ether oxygens (including phenoxy) is 1. The molecular weight excluding hydrogens is 345 g/mol. The number of imide groups is 1. The molecule has 0 spiro atoms. The first-order chi connectivity index (χ1) is 11.9. The fraction of sp³-hybridized carbons (Fsp3) is 0.158. The van der Waals surface area contributed by atoms with E-state index < -0.39 is 17.6 Å². The normalized spacial score (nSPS) is 14.7. The van der Waals surface area contributed by atoms with Crippen molar-refractivity contribution in [2.75, 3.05) is 4.90 Å². The van der Waals surface area contributed by atoms with E-state index in [2.05, 4.69) is 0 Å². The van der Waals surface area contributed by atoms with Crippen LogP contribution in [0.5, 0.6) is 5.75 Å². The van der Waals surface area contributed by atoms with Gasteiger partial charge in [0.25, 0.3) is 11.8 Å². The molecule has 4 nitrogen and oxygen atoms in total. The van der Waals surface area contributed by atoms with E-state index in [4.69, 9.17) is 16.3 Å². The zero-order valence-electron chi connectivity index (χ0n) is 13.6. The lowest BCUT2D eigenvalue weighted by atomic mass is 10.1. The monoisotopic (exact) mass is 359 g/mol. The number of anilines is 1. The molecule has 0 aliphatic carbocycles. The van der Waals surface area contributed by atoms with Crippen molar-refractivity contribution in [1.82, 2.24) is 0 Å². The molecule has 0 radical (unpaired) electrons. The number of carbonyl (C=O) groups excluding carboxylic acids is 2. The van der Waals surface area contributed by atoms with Gasteiger partial charge in [-0.1, -0.05) is 29.8 Å². The van der Waals surface area contributed by atoms with E-state index in [0.717, 1.165) is 11.0 Å². The highest BCUT2D eigenvalue weighted by Gasteiger charge is 2.39. The van der Waals surface area contributed by atoms with Crippen molar-refractivity contribution >= 4 is 34.7 Å². The molecule has 1 aliphatic rings. The molecule has 0 bridgehead atoms. The Morgan fingerprint density at radius 2 is 1.72 bits per heavy atom. The van der Waals surface area contributed by atoms with Gasteiger partial charge in [0.15, 0.2) is 0 Å². The van der Waals surface area contributed by atoms with Gasteiger partial charge in [-0.25, -0.2) is 9.29 Å². The van der Waals surface area contributed by atoms with Crippen molar-refractivity contribution < 1.29 is 18.7 Å². The standard InChI is InChI=1S/C19H15ClFNO3/c1-11(2)25-15-8-6-12(7-9-15)16-17(20)19(24)22(18(16)23)14-5-3-4-13(21)10-14/h3-11H,1-2H3. The summed E-state index contributed by atoms with van der Waals surface area (Å²) in [7, 11) is 0. The van der Waals surface area contributed by atoms with E-state index in [1.807, 2.05) is 13.8 Å². The van der Waals surface area contributed by atoms with Gasteiger partial charge in [-0.3, -0.25) is 9.59 Å². The lowest BCUT2D eigenvalue weighted by Crippen LogP contribution is -2.31. The summed E-state index contributed by atoms with van der Waals surface area (Å²) in [4.78, 5) is 26.0. The number of halogens is 2. The lowest BCUT2D eigenvalue weighted by molar-refractivity contribution is -0.119. The molecule has 2 aromatic carbocycles. The maximum Gasteiger partial charge on any atom is 0.277 e. The summed E-state index contributed by atoms with van der Waals surface area (Å²) in [6.07, 6.45) is 0.0202. The third-order valence-electron chi connectivity index (χ3n) is 3.61. The van der Waals surface area contributed by atoms with Gasteiger partial charge in [-0.2, -0.15) is 0 Å². The molecule has 2 aromatic rings. The number of hydrogen-bond acceptors (Lipinski definition) is 3. The van der Waals surface area contributed by atoms with Gasteiger partial charge in [0.2, 0.25) is 0 Å². The Morgan fingerprint density at radius 1 is 1.04 bits per heavy atom. The highest BCUT2D eigenvalue weighted by atomic mass is 35.5. The van der Waals surface area contributed by atoms with Gasteiger partial charge < -0.3 is 4.74 Å². The summed E-state index contributed by atoms with van der Waals surface area (Å²) in [5, 5.41) is -0.188. The Bertz CT molecular complexity index is 874. The van der Waals surface area contributed by atoms with Crippen LogP contribution in [-0.4, -0.2) is 17.9 Å². The quantitative estimate of drug-likeness (QED) is 0.771. The highest BCUT2D eigenvalue weighted by Crippen LogP contribution is 2.35. The van der Waals surface area contributed by atoms with E-state index in [1.54, 1.807) is 24.3 Å². The number of hydrogen-bond donors (Lipinski definition) is 0. The summed E-state index contributed by atoms with van der Waals surface area (Å²) in [6.45, 7) is 3.81. The third-order valence-corrected chi connectivity index (χ3v) is 3.96. The summed E-state index contributed by atoms with van der Waals surface area (Å²) in [6, 6.07) is 12.0. The van der Waals surface area contributed by atoms with E-state index in [0.29, 0.717) is 11.3 Å². The van der Waals surface area contributed by atoms with Gasteiger partial charge in [-0.15, -0.1) is 0 Å². The van der Waals surface area contributed by atoms with Crippen LogP contribution in [-0.2, 0) is 9.59 Å². The predicted octanol–water partition coefficient (Wildman–Crippen LogP) is 4.14. The molecule has 3 rings (SSSR count). The van der Waals surface area contributed by atoms with Crippen molar-refractivity contribution in [3.63, 3.8) is 0 Å². The zero-order chi connectivity index (χ0) is 18.1. The van der Waals surface area contributed by atoms with E-state index in [9.17, 15) is 14.0 Å². The van der Waals surface area contributed by atoms with Crippen molar-refractivity contribution in [3.8, 4) is 5.75 Å². The van der Waals surface area contributed by atoms with Crippen LogP contribution in [0.2, 0.25) is 0 Å². The first-order valence-corrected chi connectivity index (χ1v) is 8.07. The Morgan fingerprint density at radius 3 is 2.32 bits per heavy atom. The second-order valence-electron chi connectivity index (χ2n) is 5.81. The predicted molar refractivity (Wildman–Crippen MR) is 93.9 cm³/mol. The van der Waals surface area contributed by atoms with Crippen LogP contribution in [0, 0.1) is 5.82 Å². The number of nitrogens with zero attached hydrogens (tertiary/aromatic N) is 1. The third kappa shape index (κ3) is 3.28. The van der Waals surface area contributed by atoms with Gasteiger partial charge in [0.1, 0.15) is 16.6 Å². The van der Waals surface area contributed by atoms with Crippen LogP contribution in [0.4, 0.5) is 10.1 Å². The first-order valence-electron chi connectivity index (χ1n) is 7.69. The number of benzene rings is 2. The lowest BCUT2D eigenvalue weighted by Gasteiger charge is -2.15. The average Bonchev–Trinajstić information content (AvgIpc) is 2.78. The molecule has 128 valence electrons. The molecular formula is C19H15ClFNO3. The van der Waals surface area contributed by atoms with Gasteiger partial charge in [-0.05, 0) is 49.7 Å². The molecule has 0 aromatic heterocycles. The summed E-state index contributed by atoms with van der Waals surface area (Å²) < 4.78 is 19.0. The minimum Gasteiger partial charge on any atom is -0.491 e. The fourth-order valence-electron chi connectivity index (χ4n) is 2.58. The van der Waals surface area contributed by atoms with Crippen LogP contribution in [0.3, 0.4) is 0 Å². The SMILES string of the molecule is CC(C)Oc1ccc(C2=C(Cl)C(=O)N(c3cccc(F)c3)C2=O)cc1. The molecule has 25 heavy (non-hydrogen) atoms.